The van der Waals surface area contributed by atoms with Gasteiger partial charge in [0.15, 0.2) is 6.04 Å². The molecule has 1 aliphatic heterocycles. The molecule has 2 amide bonds. The summed E-state index contributed by atoms with van der Waals surface area (Å²) >= 11 is 0. The van der Waals surface area contributed by atoms with Crippen LogP contribution in [-0.4, -0.2) is 63.7 Å². The maximum atomic E-state index is 11.4. The number of aliphatic carboxylic acids is 1. The first-order valence-corrected chi connectivity index (χ1v) is 4.41. The number of terminal acetylenes is 1. The normalized spacial score (nSPS) is 20.4. The molecule has 1 fully saturated rings. The third-order valence-corrected chi connectivity index (χ3v) is 2.24. The first-order chi connectivity index (χ1) is 7.47. The van der Waals surface area contributed by atoms with Gasteiger partial charge < -0.3 is 15.1 Å². The largest absolute Gasteiger partial charge is 0.480 e. The summed E-state index contributed by atoms with van der Waals surface area (Å²) in [6.45, 7) is -0.714. The van der Waals surface area contributed by atoms with E-state index in [0.29, 0.717) is 4.90 Å². The molecule has 0 spiro atoms. The Labute approximate surface area is 91.2 Å². The van der Waals surface area contributed by atoms with E-state index in [0.717, 1.165) is 4.90 Å². The number of hydrogen-bond donors (Lipinski definition) is 2. The number of carboxylic acid groups (broad SMARTS) is 2. The van der Waals surface area contributed by atoms with Gasteiger partial charge in [0.1, 0.15) is 6.54 Å². The van der Waals surface area contributed by atoms with Crippen molar-refractivity contribution >= 4 is 18.0 Å². The van der Waals surface area contributed by atoms with E-state index in [1.165, 1.54) is 0 Å². The fourth-order valence-corrected chi connectivity index (χ4v) is 1.44. The Bertz CT molecular complexity index is 373. The molecule has 0 aromatic rings. The van der Waals surface area contributed by atoms with Gasteiger partial charge in [-0.25, -0.2) is 9.59 Å². The van der Waals surface area contributed by atoms with Crippen LogP contribution in [0.25, 0.3) is 0 Å². The van der Waals surface area contributed by atoms with E-state index in [-0.39, 0.29) is 13.1 Å². The van der Waals surface area contributed by atoms with E-state index >= 15 is 0 Å². The fraction of sp³-hybridized carbons (Fsp3) is 0.444. The Morgan fingerprint density at radius 3 is 2.56 bits per heavy atom. The lowest BCUT2D eigenvalue weighted by Gasteiger charge is -2.36. The summed E-state index contributed by atoms with van der Waals surface area (Å²) in [5.41, 5.74) is 0. The Morgan fingerprint density at radius 2 is 2.12 bits per heavy atom. The van der Waals surface area contributed by atoms with Gasteiger partial charge in [0.2, 0.25) is 5.91 Å². The summed E-state index contributed by atoms with van der Waals surface area (Å²) in [6.07, 6.45) is 3.59. The van der Waals surface area contributed by atoms with Crippen LogP contribution < -0.4 is 0 Å². The molecule has 1 heterocycles. The van der Waals surface area contributed by atoms with Crippen molar-refractivity contribution in [1.29, 1.82) is 0 Å². The topological polar surface area (TPSA) is 98.2 Å². The summed E-state index contributed by atoms with van der Waals surface area (Å²) in [5.74, 6) is 0.435. The van der Waals surface area contributed by atoms with E-state index in [4.69, 9.17) is 16.6 Å². The first-order valence-electron chi connectivity index (χ1n) is 4.41. The van der Waals surface area contributed by atoms with Crippen LogP contribution in [0, 0.1) is 12.3 Å². The average molecular weight is 226 g/mol. The van der Waals surface area contributed by atoms with E-state index in [1.54, 1.807) is 0 Å². The maximum Gasteiger partial charge on any atom is 0.408 e. The van der Waals surface area contributed by atoms with Gasteiger partial charge in [0, 0.05) is 0 Å². The number of amides is 2. The Hall–Kier alpha value is -2.23. The minimum atomic E-state index is -1.43. The number of rotatable bonds is 2. The van der Waals surface area contributed by atoms with Crippen LogP contribution in [0.4, 0.5) is 4.79 Å². The Balaban J connectivity index is 2.87. The Kier molecular flexibility index (Phi) is 3.35. The quantitative estimate of drug-likeness (QED) is 0.582. The standard InChI is InChI=1S/C9H10N2O5/c1-2-3-10-4-6(8(13)14)11(9(15)16)5-7(10)12/h1,6H,3-5H2,(H,13,14)(H,15,16). The number of carbonyl (C=O) groups excluding carboxylic acids is 1. The van der Waals surface area contributed by atoms with Gasteiger partial charge in [-0.1, -0.05) is 5.92 Å². The van der Waals surface area contributed by atoms with Crippen molar-refractivity contribution in [1.82, 2.24) is 9.80 Å². The second-order valence-corrected chi connectivity index (χ2v) is 3.24. The highest BCUT2D eigenvalue weighted by Crippen LogP contribution is 2.11. The van der Waals surface area contributed by atoms with Crippen LogP contribution in [0.15, 0.2) is 0 Å². The highest BCUT2D eigenvalue weighted by Gasteiger charge is 2.38. The molecule has 86 valence electrons. The third-order valence-electron chi connectivity index (χ3n) is 2.24. The molecule has 1 unspecified atom stereocenters. The highest BCUT2D eigenvalue weighted by atomic mass is 16.4. The zero-order chi connectivity index (χ0) is 12.3. The number of carbonyl (C=O) groups is 3. The average Bonchev–Trinajstić information content (AvgIpc) is 2.20. The van der Waals surface area contributed by atoms with Crippen LogP contribution >= 0.6 is 0 Å². The van der Waals surface area contributed by atoms with Crippen molar-refractivity contribution in [3.8, 4) is 12.3 Å². The molecule has 0 aromatic heterocycles. The SMILES string of the molecule is C#CCN1CC(C(=O)O)N(C(=O)O)CC1=O. The van der Waals surface area contributed by atoms with E-state index in [1.807, 2.05) is 0 Å². The molecule has 0 radical (unpaired) electrons. The molecule has 0 aliphatic carbocycles. The molecule has 1 rings (SSSR count). The molecule has 1 aliphatic rings. The van der Waals surface area contributed by atoms with Gasteiger partial charge in [-0.15, -0.1) is 6.42 Å². The summed E-state index contributed by atoms with van der Waals surface area (Å²) in [4.78, 5) is 34.7. The molecule has 16 heavy (non-hydrogen) atoms. The summed E-state index contributed by atoms with van der Waals surface area (Å²) in [6, 6.07) is -1.26. The van der Waals surface area contributed by atoms with Crippen LogP contribution in [-0.2, 0) is 9.59 Å². The smallest absolute Gasteiger partial charge is 0.408 e. The van der Waals surface area contributed by atoms with Crippen LogP contribution in [0.2, 0.25) is 0 Å². The van der Waals surface area contributed by atoms with Crippen LogP contribution in [0.3, 0.4) is 0 Å². The molecule has 7 heteroatoms. The van der Waals surface area contributed by atoms with Gasteiger partial charge in [-0.3, -0.25) is 9.69 Å². The summed E-state index contributed by atoms with van der Waals surface area (Å²) in [7, 11) is 0. The molecule has 1 atom stereocenters. The summed E-state index contributed by atoms with van der Waals surface area (Å²) in [5, 5.41) is 17.6. The van der Waals surface area contributed by atoms with Gasteiger partial charge in [0.25, 0.3) is 0 Å². The maximum absolute atomic E-state index is 11.4. The molecule has 0 saturated carbocycles. The van der Waals surface area contributed by atoms with Crippen LogP contribution in [0.1, 0.15) is 0 Å². The zero-order valence-corrected chi connectivity index (χ0v) is 8.29. The number of piperazine rings is 1. The molecule has 1 saturated heterocycles. The molecule has 7 nitrogen and oxygen atoms in total. The van der Waals surface area contributed by atoms with Crippen molar-refractivity contribution in [3.05, 3.63) is 0 Å². The Morgan fingerprint density at radius 1 is 1.50 bits per heavy atom. The van der Waals surface area contributed by atoms with Gasteiger partial charge >= 0.3 is 12.1 Å². The number of carboxylic acids is 1. The van der Waals surface area contributed by atoms with Crippen molar-refractivity contribution in [2.24, 2.45) is 0 Å². The second kappa shape index (κ2) is 4.53. The highest BCUT2D eigenvalue weighted by molar-refractivity contribution is 5.88. The van der Waals surface area contributed by atoms with Gasteiger partial charge in [-0.05, 0) is 0 Å². The first kappa shape index (κ1) is 11.8. The van der Waals surface area contributed by atoms with E-state index in [9.17, 15) is 14.4 Å². The second-order valence-electron chi connectivity index (χ2n) is 3.24. The lowest BCUT2D eigenvalue weighted by Crippen LogP contribution is -2.60. The molecule has 0 bridgehead atoms. The van der Waals surface area contributed by atoms with Gasteiger partial charge in [-0.2, -0.15) is 0 Å². The minimum absolute atomic E-state index is 0.0178. The van der Waals surface area contributed by atoms with Crippen molar-refractivity contribution in [3.63, 3.8) is 0 Å². The lowest BCUT2D eigenvalue weighted by atomic mass is 10.1. The predicted octanol–water partition coefficient (Wildman–Crippen LogP) is -1.10. The predicted molar refractivity (Wildman–Crippen MR) is 51.6 cm³/mol. The molecular formula is C9H10N2O5. The van der Waals surface area contributed by atoms with Crippen molar-refractivity contribution in [2.45, 2.75) is 6.04 Å². The van der Waals surface area contributed by atoms with Crippen molar-refractivity contribution < 1.29 is 24.6 Å². The van der Waals surface area contributed by atoms with Crippen LogP contribution in [0.5, 0.6) is 0 Å². The number of nitrogens with zero attached hydrogens (tertiary/aromatic N) is 2. The molecular weight excluding hydrogens is 216 g/mol. The fourth-order valence-electron chi connectivity index (χ4n) is 1.44. The number of hydrogen-bond acceptors (Lipinski definition) is 3. The molecule has 2 N–H and O–H groups in total. The third kappa shape index (κ3) is 2.23. The summed E-state index contributed by atoms with van der Waals surface area (Å²) < 4.78 is 0. The minimum Gasteiger partial charge on any atom is -0.480 e. The zero-order valence-electron chi connectivity index (χ0n) is 8.29. The van der Waals surface area contributed by atoms with Crippen molar-refractivity contribution in [2.75, 3.05) is 19.6 Å². The lowest BCUT2D eigenvalue weighted by molar-refractivity contribution is -0.149. The van der Waals surface area contributed by atoms with Gasteiger partial charge in [0.05, 0.1) is 13.1 Å². The van der Waals surface area contributed by atoms with E-state index in [2.05, 4.69) is 5.92 Å². The monoisotopic (exact) mass is 226 g/mol. The molecule has 0 aromatic carbocycles. The van der Waals surface area contributed by atoms with E-state index < -0.39 is 30.6 Å².